The second-order valence-corrected chi connectivity index (χ2v) is 3.86. The fourth-order valence-corrected chi connectivity index (χ4v) is 1.86. The molecule has 0 fully saturated rings. The van der Waals surface area contributed by atoms with Gasteiger partial charge in [-0.25, -0.2) is 0 Å². The van der Waals surface area contributed by atoms with Gasteiger partial charge in [-0.3, -0.25) is 4.99 Å². The maximum atomic E-state index is 6.01. The van der Waals surface area contributed by atoms with Gasteiger partial charge in [0.2, 0.25) is 0 Å². The number of aliphatic imine (C=N–C) groups is 1. The summed E-state index contributed by atoms with van der Waals surface area (Å²) in [7, 11) is 0. The predicted molar refractivity (Wildman–Crippen MR) is 65.8 cm³/mol. The van der Waals surface area contributed by atoms with Gasteiger partial charge in [0.1, 0.15) is 17.0 Å². The molecule has 0 bridgehead atoms. The Hall–Kier alpha value is -0.290. The molecule has 4 nitrogen and oxygen atoms in total. The van der Waals surface area contributed by atoms with Crippen LogP contribution in [0.25, 0.3) is 0 Å². The van der Waals surface area contributed by atoms with Gasteiger partial charge in [0.25, 0.3) is 0 Å². The van der Waals surface area contributed by atoms with Crippen molar-refractivity contribution >= 4 is 28.4 Å². The number of nitrogens with one attached hydrogen (secondary N) is 1. The first-order valence-electron chi connectivity index (χ1n) is 5.25. The minimum Gasteiger partial charge on any atom is -0.357 e. The van der Waals surface area contributed by atoms with Gasteiger partial charge in [-0.05, 0) is 13.8 Å². The standard InChI is InChI=1S/C10H16Cl2N2O2/c1-3-15-8(16-4-2)5-7-9(11)13-6-14-10(7)12/h8,13H,3-6H2,1-2H3. The highest BCUT2D eigenvalue weighted by Crippen LogP contribution is 2.21. The maximum Gasteiger partial charge on any atom is 0.161 e. The molecule has 0 radical (unpaired) electrons. The van der Waals surface area contributed by atoms with Crippen LogP contribution in [-0.2, 0) is 9.47 Å². The largest absolute Gasteiger partial charge is 0.357 e. The average molecular weight is 267 g/mol. The summed E-state index contributed by atoms with van der Waals surface area (Å²) in [4.78, 5) is 4.05. The van der Waals surface area contributed by atoms with E-state index in [1.165, 1.54) is 0 Å². The smallest absolute Gasteiger partial charge is 0.161 e. The number of hydrogen-bond acceptors (Lipinski definition) is 4. The maximum absolute atomic E-state index is 6.01. The van der Waals surface area contributed by atoms with Gasteiger partial charge in [-0.15, -0.1) is 0 Å². The molecule has 0 aliphatic carbocycles. The van der Waals surface area contributed by atoms with E-state index in [1.807, 2.05) is 13.8 Å². The van der Waals surface area contributed by atoms with E-state index < -0.39 is 0 Å². The molecule has 0 spiro atoms. The summed E-state index contributed by atoms with van der Waals surface area (Å²) in [5.74, 6) is 0. The summed E-state index contributed by atoms with van der Waals surface area (Å²) in [5.41, 5.74) is 0.737. The van der Waals surface area contributed by atoms with Crippen LogP contribution in [0, 0.1) is 0 Å². The second-order valence-electron chi connectivity index (χ2n) is 3.12. The van der Waals surface area contributed by atoms with Crippen LogP contribution in [-0.4, -0.2) is 31.3 Å². The van der Waals surface area contributed by atoms with E-state index in [9.17, 15) is 0 Å². The topological polar surface area (TPSA) is 42.8 Å². The zero-order valence-corrected chi connectivity index (χ0v) is 10.9. The van der Waals surface area contributed by atoms with E-state index in [1.54, 1.807) is 0 Å². The first kappa shape index (κ1) is 13.8. The predicted octanol–water partition coefficient (Wildman–Crippen LogP) is 2.42. The van der Waals surface area contributed by atoms with Gasteiger partial charge in [0.15, 0.2) is 6.29 Å². The summed E-state index contributed by atoms with van der Waals surface area (Å²) < 4.78 is 10.9. The van der Waals surface area contributed by atoms with Crippen LogP contribution < -0.4 is 5.32 Å². The first-order valence-corrected chi connectivity index (χ1v) is 6.00. The highest BCUT2D eigenvalue weighted by Gasteiger charge is 2.19. The van der Waals surface area contributed by atoms with Crippen LogP contribution >= 0.6 is 23.2 Å². The van der Waals surface area contributed by atoms with E-state index in [4.69, 9.17) is 32.7 Å². The zero-order chi connectivity index (χ0) is 12.0. The highest BCUT2D eigenvalue weighted by atomic mass is 35.5. The fraction of sp³-hybridized carbons (Fsp3) is 0.700. The van der Waals surface area contributed by atoms with Gasteiger partial charge in [0.05, 0.1) is 0 Å². The summed E-state index contributed by atoms with van der Waals surface area (Å²) >= 11 is 12.0. The lowest BCUT2D eigenvalue weighted by atomic mass is 10.2. The third kappa shape index (κ3) is 3.94. The van der Waals surface area contributed by atoms with Crippen LogP contribution in [0.3, 0.4) is 0 Å². The van der Waals surface area contributed by atoms with Crippen molar-refractivity contribution in [2.45, 2.75) is 26.6 Å². The van der Waals surface area contributed by atoms with Crippen LogP contribution in [0.5, 0.6) is 0 Å². The summed E-state index contributed by atoms with van der Waals surface area (Å²) in [6, 6.07) is 0. The summed E-state index contributed by atoms with van der Waals surface area (Å²) in [6.45, 7) is 5.40. The number of nitrogens with zero attached hydrogens (tertiary/aromatic N) is 1. The Morgan fingerprint density at radius 2 is 1.94 bits per heavy atom. The Labute approximate surface area is 106 Å². The molecule has 92 valence electrons. The molecular weight excluding hydrogens is 251 g/mol. The molecule has 1 heterocycles. The molecule has 0 aromatic rings. The van der Waals surface area contributed by atoms with Gasteiger partial charge >= 0.3 is 0 Å². The molecule has 1 aliphatic rings. The Morgan fingerprint density at radius 3 is 2.44 bits per heavy atom. The van der Waals surface area contributed by atoms with Crippen molar-refractivity contribution in [1.82, 2.24) is 5.32 Å². The number of hydrogen-bond donors (Lipinski definition) is 1. The fourth-order valence-electron chi connectivity index (χ4n) is 1.35. The molecule has 0 saturated carbocycles. The Bertz CT molecular complexity index is 287. The highest BCUT2D eigenvalue weighted by molar-refractivity contribution is 6.70. The molecule has 0 saturated heterocycles. The van der Waals surface area contributed by atoms with Crippen molar-refractivity contribution in [3.8, 4) is 0 Å². The van der Waals surface area contributed by atoms with Gasteiger partial charge < -0.3 is 14.8 Å². The zero-order valence-electron chi connectivity index (χ0n) is 9.43. The Morgan fingerprint density at radius 1 is 1.31 bits per heavy atom. The van der Waals surface area contributed by atoms with Crippen LogP contribution in [0.4, 0.5) is 0 Å². The van der Waals surface area contributed by atoms with Crippen molar-refractivity contribution in [3.05, 3.63) is 10.7 Å². The van der Waals surface area contributed by atoms with Crippen molar-refractivity contribution < 1.29 is 9.47 Å². The summed E-state index contributed by atoms with van der Waals surface area (Å²) in [6.07, 6.45) is 0.165. The minimum atomic E-state index is -0.331. The molecule has 0 aromatic carbocycles. The van der Waals surface area contributed by atoms with E-state index in [0.29, 0.717) is 36.6 Å². The lowest BCUT2D eigenvalue weighted by molar-refractivity contribution is -0.133. The molecule has 1 N–H and O–H groups in total. The van der Waals surface area contributed by atoms with E-state index in [0.717, 1.165) is 5.57 Å². The normalized spacial score (nSPS) is 16.4. The molecular formula is C10H16Cl2N2O2. The van der Waals surface area contributed by atoms with Gasteiger partial charge in [0, 0.05) is 25.2 Å². The molecule has 1 rings (SSSR count). The lowest BCUT2D eigenvalue weighted by Gasteiger charge is -2.21. The lowest BCUT2D eigenvalue weighted by Crippen LogP contribution is -2.25. The minimum absolute atomic E-state index is 0.331. The van der Waals surface area contributed by atoms with Crippen molar-refractivity contribution in [2.24, 2.45) is 4.99 Å². The monoisotopic (exact) mass is 266 g/mol. The molecule has 6 heteroatoms. The van der Waals surface area contributed by atoms with Gasteiger partial charge in [-0.2, -0.15) is 0 Å². The number of rotatable bonds is 6. The Balaban J connectivity index is 2.65. The molecule has 0 unspecified atom stereocenters. The second kappa shape index (κ2) is 7.12. The van der Waals surface area contributed by atoms with Crippen molar-refractivity contribution in [1.29, 1.82) is 0 Å². The molecule has 0 amide bonds. The SMILES string of the molecule is CCOC(CC1=C(Cl)NCN=C1Cl)OCC. The van der Waals surface area contributed by atoms with E-state index >= 15 is 0 Å². The van der Waals surface area contributed by atoms with E-state index in [2.05, 4.69) is 10.3 Å². The van der Waals surface area contributed by atoms with Crippen LogP contribution in [0.2, 0.25) is 0 Å². The third-order valence-corrected chi connectivity index (χ3v) is 2.75. The van der Waals surface area contributed by atoms with Crippen molar-refractivity contribution in [3.63, 3.8) is 0 Å². The van der Waals surface area contributed by atoms with Crippen LogP contribution in [0.1, 0.15) is 20.3 Å². The van der Waals surface area contributed by atoms with E-state index in [-0.39, 0.29) is 6.29 Å². The number of ether oxygens (including phenoxy) is 2. The van der Waals surface area contributed by atoms with Crippen LogP contribution in [0.15, 0.2) is 15.7 Å². The molecule has 0 atom stereocenters. The third-order valence-electron chi connectivity index (χ3n) is 2.04. The molecule has 16 heavy (non-hydrogen) atoms. The molecule has 1 aliphatic heterocycles. The van der Waals surface area contributed by atoms with Crippen molar-refractivity contribution in [2.75, 3.05) is 19.9 Å². The van der Waals surface area contributed by atoms with Gasteiger partial charge in [-0.1, -0.05) is 23.2 Å². The number of halogens is 2. The quantitative estimate of drug-likeness (QED) is 0.593. The first-order chi connectivity index (χ1) is 7.69. The molecule has 0 aromatic heterocycles. The Kier molecular flexibility index (Phi) is 6.13. The average Bonchev–Trinajstić information content (AvgIpc) is 2.24. The summed E-state index contributed by atoms with van der Waals surface area (Å²) in [5, 5.41) is 3.86.